The molecule has 6 nitrogen and oxygen atoms in total. The van der Waals surface area contributed by atoms with E-state index in [4.69, 9.17) is 9.97 Å². The van der Waals surface area contributed by atoms with Crippen molar-refractivity contribution < 1.29 is 4.79 Å². The number of aromatic nitrogens is 3. The Morgan fingerprint density at radius 2 is 1.74 bits per heavy atom. The number of nitrogens with one attached hydrogen (secondary N) is 1. The molecule has 34 heavy (non-hydrogen) atoms. The van der Waals surface area contributed by atoms with Gasteiger partial charge in [-0.2, -0.15) is 0 Å². The number of pyridine rings is 1. The molecule has 0 saturated carbocycles. The van der Waals surface area contributed by atoms with Gasteiger partial charge in [0, 0.05) is 23.1 Å². The van der Waals surface area contributed by atoms with Crippen LogP contribution in [0, 0.1) is 13.8 Å². The SMILES string of the molecule is CCc1nc2c(sc3nc(-c4ccccc4)ccc32)c(=O)n1CC(=O)Nc1cc(C)cc(C)c1. The first kappa shape index (κ1) is 22.0. The van der Waals surface area contributed by atoms with Crippen LogP contribution in [0.4, 0.5) is 5.69 Å². The van der Waals surface area contributed by atoms with E-state index >= 15 is 0 Å². The molecule has 0 bridgehead atoms. The van der Waals surface area contributed by atoms with Gasteiger partial charge in [0.05, 0.1) is 11.2 Å². The summed E-state index contributed by atoms with van der Waals surface area (Å²) in [7, 11) is 0. The number of carbonyl (C=O) groups excluding carboxylic acids is 1. The number of benzene rings is 2. The van der Waals surface area contributed by atoms with Crippen molar-refractivity contribution >= 4 is 43.4 Å². The minimum absolute atomic E-state index is 0.0884. The van der Waals surface area contributed by atoms with Crippen LogP contribution in [0.1, 0.15) is 23.9 Å². The summed E-state index contributed by atoms with van der Waals surface area (Å²) >= 11 is 1.33. The molecule has 170 valence electrons. The quantitative estimate of drug-likeness (QED) is 0.370. The zero-order chi connectivity index (χ0) is 23.8. The standard InChI is InChI=1S/C27H24N4O2S/c1-4-22-30-24-20-10-11-21(18-8-6-5-7-9-18)29-26(20)34-25(24)27(33)31(22)15-23(32)28-19-13-16(2)12-17(3)14-19/h5-14H,4,15H2,1-3H3,(H,28,32). The van der Waals surface area contributed by atoms with E-state index in [-0.39, 0.29) is 18.0 Å². The molecule has 0 spiro atoms. The van der Waals surface area contributed by atoms with Gasteiger partial charge in [0.1, 0.15) is 21.9 Å². The fourth-order valence-electron chi connectivity index (χ4n) is 4.24. The number of hydrogen-bond acceptors (Lipinski definition) is 5. The maximum atomic E-state index is 13.5. The Balaban J connectivity index is 1.54. The minimum Gasteiger partial charge on any atom is -0.325 e. The molecule has 0 radical (unpaired) electrons. The summed E-state index contributed by atoms with van der Waals surface area (Å²) in [6.07, 6.45) is 0.537. The molecule has 0 fully saturated rings. The lowest BCUT2D eigenvalue weighted by Crippen LogP contribution is -2.30. The number of thiophene rings is 1. The molecular weight excluding hydrogens is 444 g/mol. The van der Waals surface area contributed by atoms with Gasteiger partial charge in [-0.1, -0.05) is 43.3 Å². The van der Waals surface area contributed by atoms with Gasteiger partial charge < -0.3 is 5.32 Å². The number of carbonyl (C=O) groups is 1. The first-order chi connectivity index (χ1) is 16.4. The number of rotatable bonds is 5. The molecule has 0 atom stereocenters. The highest BCUT2D eigenvalue weighted by Gasteiger charge is 2.18. The van der Waals surface area contributed by atoms with Crippen LogP contribution in [-0.2, 0) is 17.8 Å². The van der Waals surface area contributed by atoms with Gasteiger partial charge >= 0.3 is 0 Å². The molecule has 1 N–H and O–H groups in total. The summed E-state index contributed by atoms with van der Waals surface area (Å²) in [5.74, 6) is 0.327. The molecular formula is C27H24N4O2S. The highest BCUT2D eigenvalue weighted by Crippen LogP contribution is 2.31. The summed E-state index contributed by atoms with van der Waals surface area (Å²) in [6, 6.07) is 19.8. The Kier molecular flexibility index (Phi) is 5.71. The fourth-order valence-corrected chi connectivity index (χ4v) is 5.31. The Hall–Kier alpha value is -3.84. The molecule has 3 heterocycles. The number of aryl methyl sites for hydroxylation is 3. The van der Waals surface area contributed by atoms with Gasteiger partial charge in [-0.25, -0.2) is 9.97 Å². The summed E-state index contributed by atoms with van der Waals surface area (Å²) in [5, 5.41) is 3.78. The Morgan fingerprint density at radius 3 is 2.44 bits per heavy atom. The van der Waals surface area contributed by atoms with E-state index in [0.717, 1.165) is 38.3 Å². The van der Waals surface area contributed by atoms with Gasteiger partial charge in [0.25, 0.3) is 5.56 Å². The van der Waals surface area contributed by atoms with E-state index in [1.54, 1.807) is 0 Å². The average Bonchev–Trinajstić information content (AvgIpc) is 3.18. The van der Waals surface area contributed by atoms with Gasteiger partial charge in [-0.15, -0.1) is 11.3 Å². The molecule has 7 heteroatoms. The van der Waals surface area contributed by atoms with Crippen LogP contribution >= 0.6 is 11.3 Å². The van der Waals surface area contributed by atoms with Crippen molar-refractivity contribution in [3.63, 3.8) is 0 Å². The Morgan fingerprint density at radius 1 is 1.00 bits per heavy atom. The maximum absolute atomic E-state index is 13.5. The van der Waals surface area contributed by atoms with Crippen molar-refractivity contribution in [1.82, 2.24) is 14.5 Å². The topological polar surface area (TPSA) is 76.9 Å². The van der Waals surface area contributed by atoms with Crippen molar-refractivity contribution in [2.24, 2.45) is 0 Å². The highest BCUT2D eigenvalue weighted by molar-refractivity contribution is 7.25. The minimum atomic E-state index is -0.256. The molecule has 3 aromatic heterocycles. The molecule has 0 unspecified atom stereocenters. The fraction of sp³-hybridized carbons (Fsp3) is 0.185. The predicted molar refractivity (Wildman–Crippen MR) is 139 cm³/mol. The molecule has 5 aromatic rings. The van der Waals surface area contributed by atoms with Crippen LogP contribution in [-0.4, -0.2) is 20.4 Å². The Labute approximate surface area is 200 Å². The van der Waals surface area contributed by atoms with Crippen LogP contribution in [0.5, 0.6) is 0 Å². The molecule has 1 amide bonds. The third kappa shape index (κ3) is 4.10. The number of fused-ring (bicyclic) bond motifs is 3. The van der Waals surface area contributed by atoms with Crippen LogP contribution < -0.4 is 10.9 Å². The normalized spacial score (nSPS) is 11.3. The first-order valence-electron chi connectivity index (χ1n) is 11.2. The van der Waals surface area contributed by atoms with Crippen LogP contribution in [0.25, 0.3) is 31.7 Å². The monoisotopic (exact) mass is 468 g/mol. The van der Waals surface area contributed by atoms with Crippen LogP contribution in [0.3, 0.4) is 0 Å². The first-order valence-corrected chi connectivity index (χ1v) is 12.0. The predicted octanol–water partition coefficient (Wildman–Crippen LogP) is 5.49. The Bertz CT molecular complexity index is 1580. The van der Waals surface area contributed by atoms with Gasteiger partial charge in [0.15, 0.2) is 0 Å². The average molecular weight is 469 g/mol. The van der Waals surface area contributed by atoms with E-state index in [1.165, 1.54) is 15.9 Å². The molecule has 0 aliphatic rings. The van der Waals surface area contributed by atoms with Crippen molar-refractivity contribution in [2.75, 3.05) is 5.32 Å². The van der Waals surface area contributed by atoms with Crippen LogP contribution in [0.2, 0.25) is 0 Å². The van der Waals surface area contributed by atoms with Crippen molar-refractivity contribution in [1.29, 1.82) is 0 Å². The lowest BCUT2D eigenvalue weighted by molar-refractivity contribution is -0.116. The van der Waals surface area contributed by atoms with Gasteiger partial charge in [-0.05, 0) is 49.2 Å². The van der Waals surface area contributed by atoms with Crippen molar-refractivity contribution in [3.8, 4) is 11.3 Å². The molecule has 5 rings (SSSR count). The third-order valence-corrected chi connectivity index (χ3v) is 6.79. The van der Waals surface area contributed by atoms with E-state index < -0.39 is 0 Å². The molecule has 0 aliphatic carbocycles. The summed E-state index contributed by atoms with van der Waals surface area (Å²) in [6.45, 7) is 5.82. The van der Waals surface area contributed by atoms with Crippen LogP contribution in [0.15, 0.2) is 65.5 Å². The van der Waals surface area contributed by atoms with E-state index in [2.05, 4.69) is 5.32 Å². The second-order valence-electron chi connectivity index (χ2n) is 8.39. The van der Waals surface area contributed by atoms with E-state index in [9.17, 15) is 9.59 Å². The zero-order valence-electron chi connectivity index (χ0n) is 19.3. The number of hydrogen-bond donors (Lipinski definition) is 1. The number of anilines is 1. The van der Waals surface area contributed by atoms with E-state index in [1.807, 2.05) is 81.4 Å². The summed E-state index contributed by atoms with van der Waals surface area (Å²) < 4.78 is 2.00. The number of nitrogens with zero attached hydrogens (tertiary/aromatic N) is 3. The lowest BCUT2D eigenvalue weighted by atomic mass is 10.1. The summed E-state index contributed by atoms with van der Waals surface area (Å²) in [4.78, 5) is 36.6. The highest BCUT2D eigenvalue weighted by atomic mass is 32.1. The second kappa shape index (κ2) is 8.83. The zero-order valence-corrected chi connectivity index (χ0v) is 20.1. The van der Waals surface area contributed by atoms with Crippen molar-refractivity contribution in [3.05, 3.63) is 88.0 Å². The summed E-state index contributed by atoms with van der Waals surface area (Å²) in [5.41, 5.74) is 5.17. The van der Waals surface area contributed by atoms with Gasteiger partial charge in [-0.3, -0.25) is 14.2 Å². The molecule has 0 saturated heterocycles. The largest absolute Gasteiger partial charge is 0.325 e. The maximum Gasteiger partial charge on any atom is 0.272 e. The molecule has 0 aliphatic heterocycles. The van der Waals surface area contributed by atoms with E-state index in [0.29, 0.717) is 22.5 Å². The lowest BCUT2D eigenvalue weighted by Gasteiger charge is -2.12. The van der Waals surface area contributed by atoms with Gasteiger partial charge in [0.2, 0.25) is 5.91 Å². The molecule has 2 aromatic carbocycles. The third-order valence-electron chi connectivity index (χ3n) is 5.71. The number of amides is 1. The smallest absolute Gasteiger partial charge is 0.272 e. The van der Waals surface area contributed by atoms with Crippen molar-refractivity contribution in [2.45, 2.75) is 33.7 Å². The second-order valence-corrected chi connectivity index (χ2v) is 9.39.